The van der Waals surface area contributed by atoms with E-state index in [-0.39, 0.29) is 5.41 Å². The Bertz CT molecular complexity index is 249. The van der Waals surface area contributed by atoms with E-state index in [2.05, 4.69) is 5.16 Å². The van der Waals surface area contributed by atoms with Gasteiger partial charge in [0.15, 0.2) is 0 Å². The van der Waals surface area contributed by atoms with Crippen molar-refractivity contribution in [3.8, 4) is 0 Å². The predicted octanol–water partition coefficient (Wildman–Crippen LogP) is 1.90. The van der Waals surface area contributed by atoms with E-state index < -0.39 is 11.4 Å². The SMILES string of the molecule is CC(C)(C)CON=CC1(C(=O)O)CC1. The normalized spacial score (nSPS) is 19.6. The molecular formula is C10H17NO3. The molecule has 0 spiro atoms. The van der Waals surface area contributed by atoms with Gasteiger partial charge in [-0.05, 0) is 18.3 Å². The monoisotopic (exact) mass is 199 g/mol. The molecule has 1 saturated carbocycles. The number of nitrogens with zero attached hydrogens (tertiary/aromatic N) is 1. The lowest BCUT2D eigenvalue weighted by Gasteiger charge is -2.15. The van der Waals surface area contributed by atoms with Crippen LogP contribution in [0.5, 0.6) is 0 Å². The Morgan fingerprint density at radius 3 is 2.50 bits per heavy atom. The van der Waals surface area contributed by atoms with Crippen LogP contribution < -0.4 is 0 Å². The number of hydrogen-bond acceptors (Lipinski definition) is 3. The Balaban J connectivity index is 2.32. The summed E-state index contributed by atoms with van der Waals surface area (Å²) in [5.41, 5.74) is -0.671. The molecule has 1 aliphatic rings. The molecule has 0 aromatic carbocycles. The molecule has 4 nitrogen and oxygen atoms in total. The molecule has 0 amide bonds. The molecule has 0 aliphatic heterocycles. The summed E-state index contributed by atoms with van der Waals surface area (Å²) in [7, 11) is 0. The van der Waals surface area contributed by atoms with Crippen LogP contribution in [-0.4, -0.2) is 23.9 Å². The van der Waals surface area contributed by atoms with Crippen LogP contribution in [0.4, 0.5) is 0 Å². The average molecular weight is 199 g/mol. The number of carbonyl (C=O) groups is 1. The summed E-state index contributed by atoms with van der Waals surface area (Å²) < 4.78 is 0. The lowest BCUT2D eigenvalue weighted by molar-refractivity contribution is -0.140. The summed E-state index contributed by atoms with van der Waals surface area (Å²) in [5.74, 6) is -0.805. The van der Waals surface area contributed by atoms with E-state index in [1.54, 1.807) is 0 Å². The summed E-state index contributed by atoms with van der Waals surface area (Å²) in [6, 6.07) is 0. The predicted molar refractivity (Wildman–Crippen MR) is 53.2 cm³/mol. The summed E-state index contributed by atoms with van der Waals surface area (Å²) in [5, 5.41) is 12.5. The van der Waals surface area contributed by atoms with Crippen LogP contribution in [0.1, 0.15) is 33.6 Å². The minimum atomic E-state index is -0.805. The fraction of sp³-hybridized carbons (Fsp3) is 0.800. The van der Waals surface area contributed by atoms with E-state index in [0.717, 1.165) is 0 Å². The first kappa shape index (κ1) is 11.0. The van der Waals surface area contributed by atoms with Crippen LogP contribution in [0.2, 0.25) is 0 Å². The molecule has 0 radical (unpaired) electrons. The third-order valence-corrected chi connectivity index (χ3v) is 2.09. The van der Waals surface area contributed by atoms with Crippen molar-refractivity contribution in [2.75, 3.05) is 6.61 Å². The highest BCUT2D eigenvalue weighted by Crippen LogP contribution is 2.43. The van der Waals surface area contributed by atoms with Crippen molar-refractivity contribution in [1.29, 1.82) is 0 Å². The second-order valence-corrected chi connectivity index (χ2v) is 5.03. The minimum absolute atomic E-state index is 0.0529. The Morgan fingerprint density at radius 2 is 2.14 bits per heavy atom. The van der Waals surface area contributed by atoms with Crippen molar-refractivity contribution in [2.45, 2.75) is 33.6 Å². The summed E-state index contributed by atoms with van der Waals surface area (Å²) >= 11 is 0. The molecule has 0 saturated heterocycles. The van der Waals surface area contributed by atoms with Gasteiger partial charge in [0.1, 0.15) is 12.0 Å². The van der Waals surface area contributed by atoms with Crippen molar-refractivity contribution in [1.82, 2.24) is 0 Å². The van der Waals surface area contributed by atoms with Crippen LogP contribution in [0.15, 0.2) is 5.16 Å². The smallest absolute Gasteiger partial charge is 0.315 e. The van der Waals surface area contributed by atoms with Gasteiger partial charge < -0.3 is 9.94 Å². The number of hydrogen-bond donors (Lipinski definition) is 1. The van der Waals surface area contributed by atoms with Gasteiger partial charge in [-0.25, -0.2) is 0 Å². The van der Waals surface area contributed by atoms with E-state index in [9.17, 15) is 4.79 Å². The van der Waals surface area contributed by atoms with Gasteiger partial charge in [0, 0.05) is 0 Å². The maximum absolute atomic E-state index is 10.7. The van der Waals surface area contributed by atoms with Crippen LogP contribution in [-0.2, 0) is 9.63 Å². The Kier molecular flexibility index (Phi) is 2.83. The highest BCUT2D eigenvalue weighted by Gasteiger charge is 2.49. The highest BCUT2D eigenvalue weighted by molar-refractivity contribution is 5.97. The molecule has 1 N–H and O–H groups in total. The van der Waals surface area contributed by atoms with Crippen molar-refractivity contribution >= 4 is 12.2 Å². The largest absolute Gasteiger partial charge is 0.481 e. The Labute approximate surface area is 83.9 Å². The topological polar surface area (TPSA) is 58.9 Å². The van der Waals surface area contributed by atoms with Gasteiger partial charge in [-0.15, -0.1) is 0 Å². The van der Waals surface area contributed by atoms with Crippen molar-refractivity contribution in [3.63, 3.8) is 0 Å². The van der Waals surface area contributed by atoms with Crippen LogP contribution in [0, 0.1) is 10.8 Å². The van der Waals surface area contributed by atoms with Gasteiger partial charge in [-0.3, -0.25) is 4.79 Å². The molecule has 1 aliphatic carbocycles. The molecule has 80 valence electrons. The molecule has 0 atom stereocenters. The molecule has 0 heterocycles. The van der Waals surface area contributed by atoms with Gasteiger partial charge >= 0.3 is 5.97 Å². The molecular weight excluding hydrogens is 182 g/mol. The number of carboxylic acids is 1. The maximum Gasteiger partial charge on any atom is 0.315 e. The fourth-order valence-electron chi connectivity index (χ4n) is 0.902. The van der Waals surface area contributed by atoms with E-state index in [4.69, 9.17) is 9.94 Å². The standard InChI is InChI=1S/C10H17NO3/c1-9(2,3)7-14-11-6-10(4-5-10)8(12)13/h6H,4-5,7H2,1-3H3,(H,12,13). The maximum atomic E-state index is 10.7. The zero-order chi connectivity index (χ0) is 10.8. The first-order valence-electron chi connectivity index (χ1n) is 4.76. The van der Waals surface area contributed by atoms with Gasteiger partial charge in [0.2, 0.25) is 0 Å². The van der Waals surface area contributed by atoms with Crippen molar-refractivity contribution in [3.05, 3.63) is 0 Å². The number of carboxylic acid groups (broad SMARTS) is 1. The van der Waals surface area contributed by atoms with Gasteiger partial charge in [0.05, 0.1) is 6.21 Å². The third kappa shape index (κ3) is 3.01. The van der Waals surface area contributed by atoms with E-state index >= 15 is 0 Å². The minimum Gasteiger partial charge on any atom is -0.481 e. The lowest BCUT2D eigenvalue weighted by Crippen LogP contribution is -2.17. The molecule has 1 rings (SSSR count). The van der Waals surface area contributed by atoms with Crippen LogP contribution in [0.25, 0.3) is 0 Å². The second-order valence-electron chi connectivity index (χ2n) is 5.03. The molecule has 4 heteroatoms. The molecule has 0 aromatic heterocycles. The molecule has 0 unspecified atom stereocenters. The van der Waals surface area contributed by atoms with Gasteiger partial charge in [0.25, 0.3) is 0 Å². The molecule has 14 heavy (non-hydrogen) atoms. The Morgan fingerprint density at radius 1 is 1.57 bits per heavy atom. The number of aliphatic carboxylic acids is 1. The van der Waals surface area contributed by atoms with Crippen molar-refractivity contribution < 1.29 is 14.7 Å². The number of oxime groups is 1. The molecule has 0 aromatic rings. The zero-order valence-corrected chi connectivity index (χ0v) is 8.91. The third-order valence-electron chi connectivity index (χ3n) is 2.09. The number of rotatable bonds is 4. The molecule has 1 fully saturated rings. The average Bonchev–Trinajstić information content (AvgIpc) is 2.77. The molecule has 0 bridgehead atoms. The Hall–Kier alpha value is -1.06. The van der Waals surface area contributed by atoms with E-state index in [1.807, 2.05) is 20.8 Å². The quantitative estimate of drug-likeness (QED) is 0.555. The second kappa shape index (κ2) is 3.59. The van der Waals surface area contributed by atoms with Crippen LogP contribution in [0.3, 0.4) is 0 Å². The first-order chi connectivity index (χ1) is 6.36. The lowest BCUT2D eigenvalue weighted by atomic mass is 9.99. The van der Waals surface area contributed by atoms with E-state index in [1.165, 1.54) is 6.21 Å². The van der Waals surface area contributed by atoms with Gasteiger partial charge in [-0.2, -0.15) is 0 Å². The fourth-order valence-corrected chi connectivity index (χ4v) is 0.902. The van der Waals surface area contributed by atoms with Crippen LogP contribution >= 0.6 is 0 Å². The summed E-state index contributed by atoms with van der Waals surface area (Å²) in [4.78, 5) is 15.8. The highest BCUT2D eigenvalue weighted by atomic mass is 16.6. The summed E-state index contributed by atoms with van der Waals surface area (Å²) in [6.07, 6.45) is 2.76. The summed E-state index contributed by atoms with van der Waals surface area (Å²) in [6.45, 7) is 6.60. The van der Waals surface area contributed by atoms with Gasteiger partial charge in [-0.1, -0.05) is 25.9 Å². The first-order valence-corrected chi connectivity index (χ1v) is 4.76. The van der Waals surface area contributed by atoms with Crippen molar-refractivity contribution in [2.24, 2.45) is 16.0 Å². The van der Waals surface area contributed by atoms with E-state index in [0.29, 0.717) is 19.4 Å². The zero-order valence-electron chi connectivity index (χ0n) is 8.91.